The largest absolute Gasteiger partial charge is 0.383 e. The van der Waals surface area contributed by atoms with Gasteiger partial charge in [-0.2, -0.15) is 0 Å². The van der Waals surface area contributed by atoms with E-state index >= 15 is 0 Å². The van der Waals surface area contributed by atoms with E-state index < -0.39 is 5.60 Å². The van der Waals surface area contributed by atoms with E-state index in [0.717, 1.165) is 4.88 Å². The summed E-state index contributed by atoms with van der Waals surface area (Å²) < 4.78 is 0. The maximum absolute atomic E-state index is 10.3. The summed E-state index contributed by atoms with van der Waals surface area (Å²) in [5.74, 6) is 0. The predicted molar refractivity (Wildman–Crippen MR) is 66.7 cm³/mol. The molecule has 15 heavy (non-hydrogen) atoms. The number of nitrogens with one attached hydrogen (secondary N) is 1. The molecule has 0 fully saturated rings. The number of rotatable bonds is 3. The fourth-order valence-electron chi connectivity index (χ4n) is 1.20. The lowest BCUT2D eigenvalue weighted by molar-refractivity contribution is 0.0539. The minimum Gasteiger partial charge on any atom is -0.383 e. The summed E-state index contributed by atoms with van der Waals surface area (Å²) in [6.45, 7) is 8.48. The van der Waals surface area contributed by atoms with Crippen LogP contribution in [-0.2, 0) is 5.60 Å². The summed E-state index contributed by atoms with van der Waals surface area (Å²) in [5, 5.41) is 16.1. The number of hydrogen-bond acceptors (Lipinski definition) is 3. The lowest BCUT2D eigenvalue weighted by atomic mass is 10.0. The molecule has 0 aliphatic rings. The number of aliphatic hydroxyl groups is 1. The second-order valence-electron chi connectivity index (χ2n) is 4.98. The molecule has 1 rings (SSSR count). The quantitative estimate of drug-likeness (QED) is 0.861. The van der Waals surface area contributed by atoms with Crippen molar-refractivity contribution in [1.82, 2.24) is 5.32 Å². The fourth-order valence-corrected chi connectivity index (χ4v) is 2.52. The number of thiophene rings is 1. The first-order valence-corrected chi connectivity index (χ1v) is 6.19. The van der Waals surface area contributed by atoms with Gasteiger partial charge in [0, 0.05) is 12.1 Å². The Bertz CT molecular complexity index is 328. The molecule has 0 bridgehead atoms. The van der Waals surface area contributed by atoms with Crippen molar-refractivity contribution in [2.45, 2.75) is 38.8 Å². The molecule has 1 aromatic heterocycles. The first-order chi connectivity index (χ1) is 6.72. The van der Waals surface area contributed by atoms with Crippen molar-refractivity contribution in [3.05, 3.63) is 21.3 Å². The highest BCUT2D eigenvalue weighted by atomic mass is 35.5. The molecule has 0 aliphatic carbocycles. The highest BCUT2D eigenvalue weighted by Crippen LogP contribution is 2.32. The molecule has 2 nitrogen and oxygen atoms in total. The summed E-state index contributed by atoms with van der Waals surface area (Å²) in [7, 11) is 0. The van der Waals surface area contributed by atoms with Gasteiger partial charge in [-0.15, -0.1) is 11.3 Å². The van der Waals surface area contributed by atoms with Crippen molar-refractivity contribution >= 4 is 22.9 Å². The molecule has 1 atom stereocenters. The lowest BCUT2D eigenvalue weighted by Gasteiger charge is -2.29. The molecule has 0 spiro atoms. The molecule has 0 aliphatic heterocycles. The van der Waals surface area contributed by atoms with Crippen LogP contribution in [0.1, 0.15) is 32.6 Å². The third-order valence-electron chi connectivity index (χ3n) is 2.07. The number of hydrogen-bond donors (Lipinski definition) is 2. The Kier molecular flexibility index (Phi) is 3.82. The Hall–Kier alpha value is -0.0900. The van der Waals surface area contributed by atoms with Gasteiger partial charge in [-0.1, -0.05) is 11.6 Å². The smallest absolute Gasteiger partial charge is 0.110 e. The van der Waals surface area contributed by atoms with Crippen LogP contribution in [0.4, 0.5) is 0 Å². The average Bonchev–Trinajstić information content (AvgIpc) is 2.47. The van der Waals surface area contributed by atoms with E-state index in [1.165, 1.54) is 11.3 Å². The van der Waals surface area contributed by atoms with Crippen LogP contribution in [0.15, 0.2) is 11.4 Å². The van der Waals surface area contributed by atoms with E-state index in [4.69, 9.17) is 11.6 Å². The van der Waals surface area contributed by atoms with Crippen LogP contribution in [-0.4, -0.2) is 17.2 Å². The molecule has 0 saturated heterocycles. The molecule has 0 amide bonds. The molecule has 86 valence electrons. The molecule has 0 aromatic carbocycles. The predicted octanol–water partition coefficient (Wildman–Crippen LogP) is 3.00. The third-order valence-corrected chi connectivity index (χ3v) is 3.66. The van der Waals surface area contributed by atoms with E-state index in [2.05, 4.69) is 26.1 Å². The Labute approximate surface area is 100 Å². The van der Waals surface area contributed by atoms with Gasteiger partial charge in [-0.25, -0.2) is 0 Å². The average molecular weight is 248 g/mol. The summed E-state index contributed by atoms with van der Waals surface area (Å²) in [6, 6.07) is 1.81. The molecule has 0 radical (unpaired) electrons. The van der Waals surface area contributed by atoms with Gasteiger partial charge in [0.25, 0.3) is 0 Å². The van der Waals surface area contributed by atoms with E-state index in [-0.39, 0.29) is 5.54 Å². The van der Waals surface area contributed by atoms with Crippen LogP contribution < -0.4 is 5.32 Å². The zero-order valence-corrected chi connectivity index (χ0v) is 11.2. The summed E-state index contributed by atoms with van der Waals surface area (Å²) in [5.41, 5.74) is -0.910. The minimum absolute atomic E-state index is 0.00622. The Balaban J connectivity index is 2.72. The van der Waals surface area contributed by atoms with Gasteiger partial charge in [0.1, 0.15) is 5.60 Å². The maximum atomic E-state index is 10.3. The minimum atomic E-state index is -0.904. The van der Waals surface area contributed by atoms with Gasteiger partial charge in [0.05, 0.1) is 9.90 Å². The fraction of sp³-hybridized carbons (Fsp3) is 0.636. The molecular weight excluding hydrogens is 230 g/mol. The summed E-state index contributed by atoms with van der Waals surface area (Å²) in [4.78, 5) is 0.820. The number of β-amino-alcohol motifs (C(OH)–C–C–N with tert-alkyl or cyclic N) is 1. The Morgan fingerprint density at radius 1 is 1.40 bits per heavy atom. The van der Waals surface area contributed by atoms with Gasteiger partial charge in [-0.05, 0) is 39.1 Å². The molecule has 1 heterocycles. The van der Waals surface area contributed by atoms with Crippen LogP contribution in [0.25, 0.3) is 0 Å². The Morgan fingerprint density at radius 3 is 2.40 bits per heavy atom. The molecule has 2 N–H and O–H groups in total. The molecule has 0 saturated carbocycles. The monoisotopic (exact) mass is 247 g/mol. The normalized spacial score (nSPS) is 16.4. The second-order valence-corrected chi connectivity index (χ2v) is 6.30. The van der Waals surface area contributed by atoms with Crippen molar-refractivity contribution in [3.8, 4) is 0 Å². The molecule has 4 heteroatoms. The van der Waals surface area contributed by atoms with Crippen LogP contribution in [0, 0.1) is 0 Å². The maximum Gasteiger partial charge on any atom is 0.110 e. The van der Waals surface area contributed by atoms with E-state index in [9.17, 15) is 5.11 Å². The Morgan fingerprint density at radius 2 is 2.00 bits per heavy atom. The lowest BCUT2D eigenvalue weighted by Crippen LogP contribution is -2.44. The molecule has 1 aromatic rings. The standard InChI is InChI=1S/C11H18ClNOS/c1-10(2,3)13-7-11(4,14)9-8(12)5-6-15-9/h5-6,13-14H,7H2,1-4H3. The van der Waals surface area contributed by atoms with Gasteiger partial charge >= 0.3 is 0 Å². The van der Waals surface area contributed by atoms with Gasteiger partial charge in [-0.3, -0.25) is 0 Å². The van der Waals surface area contributed by atoms with Crippen LogP contribution in [0.2, 0.25) is 5.02 Å². The zero-order chi connectivity index (χ0) is 11.7. The topological polar surface area (TPSA) is 32.3 Å². The van der Waals surface area contributed by atoms with Crippen molar-refractivity contribution < 1.29 is 5.11 Å². The highest BCUT2D eigenvalue weighted by molar-refractivity contribution is 7.10. The van der Waals surface area contributed by atoms with E-state index in [1.54, 1.807) is 6.92 Å². The van der Waals surface area contributed by atoms with E-state index in [0.29, 0.717) is 11.6 Å². The van der Waals surface area contributed by atoms with Crippen LogP contribution >= 0.6 is 22.9 Å². The zero-order valence-electron chi connectivity index (χ0n) is 9.60. The van der Waals surface area contributed by atoms with Gasteiger partial charge in [0.2, 0.25) is 0 Å². The third kappa shape index (κ3) is 3.76. The number of halogens is 1. The van der Waals surface area contributed by atoms with Gasteiger partial charge < -0.3 is 10.4 Å². The first-order valence-electron chi connectivity index (χ1n) is 4.93. The SMILES string of the molecule is CC(C)(C)NCC(C)(O)c1sccc1Cl. The first kappa shape index (κ1) is 13.0. The molecule has 1 unspecified atom stereocenters. The second kappa shape index (κ2) is 4.42. The highest BCUT2D eigenvalue weighted by Gasteiger charge is 2.28. The van der Waals surface area contributed by atoms with Crippen molar-refractivity contribution in [2.75, 3.05) is 6.54 Å². The summed E-state index contributed by atoms with van der Waals surface area (Å²) >= 11 is 7.48. The van der Waals surface area contributed by atoms with Crippen LogP contribution in [0.5, 0.6) is 0 Å². The van der Waals surface area contributed by atoms with Gasteiger partial charge in [0.15, 0.2) is 0 Å². The van der Waals surface area contributed by atoms with Crippen LogP contribution in [0.3, 0.4) is 0 Å². The molecular formula is C11H18ClNOS. The van der Waals surface area contributed by atoms with Crippen molar-refractivity contribution in [2.24, 2.45) is 0 Å². The van der Waals surface area contributed by atoms with E-state index in [1.807, 2.05) is 11.4 Å². The summed E-state index contributed by atoms with van der Waals surface area (Å²) in [6.07, 6.45) is 0. The van der Waals surface area contributed by atoms with Crippen molar-refractivity contribution in [3.63, 3.8) is 0 Å². The van der Waals surface area contributed by atoms with Crippen molar-refractivity contribution in [1.29, 1.82) is 0 Å².